The van der Waals surface area contributed by atoms with E-state index < -0.39 is 18.0 Å². The fourth-order valence-corrected chi connectivity index (χ4v) is 2.55. The molecule has 1 aliphatic heterocycles. The maximum Gasteiger partial charge on any atom is 0.470 e. The highest BCUT2D eigenvalue weighted by atomic mass is 19.4. The van der Waals surface area contributed by atoms with Crippen LogP contribution in [0.15, 0.2) is 28.9 Å². The highest BCUT2D eigenvalue weighted by molar-refractivity contribution is 5.93. The number of rotatable bonds is 2. The van der Waals surface area contributed by atoms with Gasteiger partial charge in [0.05, 0.1) is 11.5 Å². The van der Waals surface area contributed by atoms with Gasteiger partial charge in [0.1, 0.15) is 0 Å². The predicted molar refractivity (Wildman–Crippen MR) is 71.4 cm³/mol. The Morgan fingerprint density at radius 2 is 2.17 bits per heavy atom. The molecule has 0 saturated carbocycles. The van der Waals surface area contributed by atoms with Gasteiger partial charge in [-0.25, -0.2) is 0 Å². The number of aromatic nitrogens is 3. The maximum atomic E-state index is 12.5. The second-order valence-electron chi connectivity index (χ2n) is 5.28. The van der Waals surface area contributed by atoms with Crippen molar-refractivity contribution in [3.8, 4) is 0 Å². The SMILES string of the molecule is O=C(c1cccnc1)N1CCCC(c2nnc(C(F)(F)F)o2)C1. The minimum atomic E-state index is -4.66. The van der Waals surface area contributed by atoms with E-state index in [2.05, 4.69) is 15.2 Å². The van der Waals surface area contributed by atoms with Crippen LogP contribution in [0.4, 0.5) is 13.2 Å². The lowest BCUT2D eigenvalue weighted by Crippen LogP contribution is -2.39. The average Bonchev–Trinajstić information content (AvgIpc) is 3.05. The Kier molecular flexibility index (Phi) is 4.01. The van der Waals surface area contributed by atoms with Gasteiger partial charge in [-0.1, -0.05) is 0 Å². The Bertz CT molecular complexity index is 687. The quantitative estimate of drug-likeness (QED) is 0.848. The maximum absolute atomic E-state index is 12.5. The van der Waals surface area contributed by atoms with Gasteiger partial charge in [0.2, 0.25) is 5.89 Å². The molecule has 6 nitrogen and oxygen atoms in total. The number of nitrogens with zero attached hydrogens (tertiary/aromatic N) is 4. The van der Waals surface area contributed by atoms with Gasteiger partial charge in [0.15, 0.2) is 0 Å². The summed E-state index contributed by atoms with van der Waals surface area (Å²) in [5, 5.41) is 6.52. The van der Waals surface area contributed by atoms with Crippen molar-refractivity contribution in [2.45, 2.75) is 24.9 Å². The normalized spacial score (nSPS) is 18.9. The molecule has 2 aromatic heterocycles. The fraction of sp³-hybridized carbons (Fsp3) is 0.429. The van der Waals surface area contributed by atoms with Crippen LogP contribution in [-0.2, 0) is 6.18 Å². The first-order valence-electron chi connectivity index (χ1n) is 7.05. The molecule has 1 fully saturated rings. The van der Waals surface area contributed by atoms with E-state index in [0.29, 0.717) is 24.9 Å². The van der Waals surface area contributed by atoms with E-state index in [1.165, 1.54) is 6.20 Å². The van der Waals surface area contributed by atoms with Gasteiger partial charge in [-0.3, -0.25) is 9.78 Å². The number of pyridine rings is 1. The molecule has 9 heteroatoms. The van der Waals surface area contributed by atoms with E-state index in [4.69, 9.17) is 4.42 Å². The third-order valence-corrected chi connectivity index (χ3v) is 3.65. The van der Waals surface area contributed by atoms with Crippen LogP contribution < -0.4 is 0 Å². The molecule has 0 aromatic carbocycles. The molecule has 1 saturated heterocycles. The minimum absolute atomic E-state index is 0.0824. The first kappa shape index (κ1) is 15.4. The number of halogens is 3. The molecule has 0 N–H and O–H groups in total. The predicted octanol–water partition coefficient (Wildman–Crippen LogP) is 2.50. The van der Waals surface area contributed by atoms with Crippen molar-refractivity contribution in [3.05, 3.63) is 41.9 Å². The van der Waals surface area contributed by atoms with Gasteiger partial charge in [0.25, 0.3) is 5.91 Å². The smallest absolute Gasteiger partial charge is 0.417 e. The number of piperidine rings is 1. The zero-order valence-corrected chi connectivity index (χ0v) is 12.0. The lowest BCUT2D eigenvalue weighted by atomic mass is 9.97. The summed E-state index contributed by atoms with van der Waals surface area (Å²) in [4.78, 5) is 17.8. The first-order valence-corrected chi connectivity index (χ1v) is 7.05. The van der Waals surface area contributed by atoms with Crippen LogP contribution >= 0.6 is 0 Å². The van der Waals surface area contributed by atoms with Crippen molar-refractivity contribution in [1.82, 2.24) is 20.1 Å². The molecule has 3 heterocycles. The van der Waals surface area contributed by atoms with Crippen molar-refractivity contribution in [3.63, 3.8) is 0 Å². The summed E-state index contributed by atoms with van der Waals surface area (Å²) in [5.41, 5.74) is 0.439. The molecule has 1 unspecified atom stereocenters. The minimum Gasteiger partial charge on any atom is -0.417 e. The van der Waals surface area contributed by atoms with Crippen LogP contribution in [0.3, 0.4) is 0 Å². The van der Waals surface area contributed by atoms with Crippen molar-refractivity contribution in [1.29, 1.82) is 0 Å². The summed E-state index contributed by atoms with van der Waals surface area (Å²) in [6, 6.07) is 3.30. The Hall–Kier alpha value is -2.45. The Balaban J connectivity index is 1.73. The van der Waals surface area contributed by atoms with E-state index in [1.54, 1.807) is 23.2 Å². The second-order valence-corrected chi connectivity index (χ2v) is 5.28. The van der Waals surface area contributed by atoms with E-state index in [0.717, 1.165) is 0 Å². The monoisotopic (exact) mass is 326 g/mol. The highest BCUT2D eigenvalue weighted by Gasteiger charge is 2.39. The molecule has 2 aromatic rings. The molecule has 0 aliphatic carbocycles. The number of amides is 1. The molecule has 1 atom stereocenters. The summed E-state index contributed by atoms with van der Waals surface area (Å²) >= 11 is 0. The van der Waals surface area contributed by atoms with Crippen molar-refractivity contribution in [2.75, 3.05) is 13.1 Å². The summed E-state index contributed by atoms with van der Waals surface area (Å²) in [6.07, 6.45) is -0.394. The molecule has 0 bridgehead atoms. The van der Waals surface area contributed by atoms with Gasteiger partial charge >= 0.3 is 12.1 Å². The number of alkyl halides is 3. The van der Waals surface area contributed by atoms with Crippen molar-refractivity contribution >= 4 is 5.91 Å². The van der Waals surface area contributed by atoms with Crippen LogP contribution in [0, 0.1) is 0 Å². The third-order valence-electron chi connectivity index (χ3n) is 3.65. The van der Waals surface area contributed by atoms with Crippen molar-refractivity contribution in [2.24, 2.45) is 0 Å². The largest absolute Gasteiger partial charge is 0.470 e. The summed E-state index contributed by atoms with van der Waals surface area (Å²) < 4.78 is 42.3. The summed E-state index contributed by atoms with van der Waals surface area (Å²) in [5.74, 6) is -2.05. The Labute approximate surface area is 129 Å². The Morgan fingerprint density at radius 1 is 1.35 bits per heavy atom. The molecular formula is C14H13F3N4O2. The number of hydrogen-bond acceptors (Lipinski definition) is 5. The van der Waals surface area contributed by atoms with Crippen LogP contribution in [0.5, 0.6) is 0 Å². The van der Waals surface area contributed by atoms with Gasteiger partial charge in [-0.15, -0.1) is 10.2 Å². The standard InChI is InChI=1S/C14H13F3N4O2/c15-14(16,17)13-20-19-11(23-13)10-4-2-6-21(8-10)12(22)9-3-1-5-18-7-9/h1,3,5,7,10H,2,4,6,8H2. The van der Waals surface area contributed by atoms with E-state index in [-0.39, 0.29) is 18.3 Å². The summed E-state index contributed by atoms with van der Waals surface area (Å²) in [6.45, 7) is 0.776. The molecule has 122 valence electrons. The van der Waals surface area contributed by atoms with Crippen LogP contribution in [0.25, 0.3) is 0 Å². The number of hydrogen-bond donors (Lipinski definition) is 0. The average molecular weight is 326 g/mol. The third kappa shape index (κ3) is 3.33. The van der Waals surface area contributed by atoms with E-state index >= 15 is 0 Å². The topological polar surface area (TPSA) is 72.1 Å². The molecule has 23 heavy (non-hydrogen) atoms. The molecule has 1 amide bonds. The number of likely N-dealkylation sites (tertiary alicyclic amines) is 1. The first-order chi connectivity index (χ1) is 10.9. The van der Waals surface area contributed by atoms with Gasteiger partial charge in [0, 0.05) is 25.5 Å². The fourth-order valence-electron chi connectivity index (χ4n) is 2.55. The summed E-state index contributed by atoms with van der Waals surface area (Å²) in [7, 11) is 0. The molecule has 0 radical (unpaired) electrons. The van der Waals surface area contributed by atoms with Crippen LogP contribution in [-0.4, -0.2) is 39.1 Å². The molecule has 1 aliphatic rings. The zero-order valence-electron chi connectivity index (χ0n) is 12.0. The second kappa shape index (κ2) is 5.98. The lowest BCUT2D eigenvalue weighted by Gasteiger charge is -2.31. The highest BCUT2D eigenvalue weighted by Crippen LogP contribution is 2.32. The Morgan fingerprint density at radius 3 is 2.83 bits per heavy atom. The molecular weight excluding hydrogens is 313 g/mol. The van der Waals surface area contributed by atoms with Crippen molar-refractivity contribution < 1.29 is 22.4 Å². The van der Waals surface area contributed by atoms with E-state index in [9.17, 15) is 18.0 Å². The molecule has 3 rings (SSSR count). The molecule has 0 spiro atoms. The number of carbonyl (C=O) groups is 1. The number of carbonyl (C=O) groups excluding carboxylic acids is 1. The van der Waals surface area contributed by atoms with Gasteiger partial charge in [-0.2, -0.15) is 13.2 Å². The van der Waals surface area contributed by atoms with Crippen LogP contribution in [0.1, 0.15) is 40.9 Å². The van der Waals surface area contributed by atoms with Crippen LogP contribution in [0.2, 0.25) is 0 Å². The van der Waals surface area contributed by atoms with Gasteiger partial charge in [-0.05, 0) is 25.0 Å². The zero-order chi connectivity index (χ0) is 16.4. The van der Waals surface area contributed by atoms with Gasteiger partial charge < -0.3 is 9.32 Å². The van der Waals surface area contributed by atoms with E-state index in [1.807, 2.05) is 0 Å². The lowest BCUT2D eigenvalue weighted by molar-refractivity contribution is -0.157.